The minimum Gasteiger partial charge on any atom is -0.457 e. The molecule has 3 nitrogen and oxygen atoms in total. The van der Waals surface area contributed by atoms with Crippen LogP contribution in [0, 0.1) is 0 Å². The SMILES string of the molecule is CC(=O)Sc1ccc(C2=C(c3ccccc3)C(=O)OC2)cc1. The molecule has 0 aliphatic carbocycles. The highest BCUT2D eigenvalue weighted by atomic mass is 32.2. The van der Waals surface area contributed by atoms with E-state index < -0.39 is 0 Å². The topological polar surface area (TPSA) is 43.4 Å². The molecular formula is C18H14O3S. The Labute approximate surface area is 133 Å². The lowest BCUT2D eigenvalue weighted by atomic mass is 9.97. The van der Waals surface area contributed by atoms with Crippen molar-refractivity contribution in [1.82, 2.24) is 0 Å². The summed E-state index contributed by atoms with van der Waals surface area (Å²) in [5.74, 6) is -0.289. The maximum absolute atomic E-state index is 12.0. The van der Waals surface area contributed by atoms with E-state index in [0.29, 0.717) is 5.57 Å². The molecule has 0 bridgehead atoms. The third-order valence-corrected chi connectivity index (χ3v) is 4.18. The molecule has 0 saturated carbocycles. The van der Waals surface area contributed by atoms with E-state index in [1.165, 1.54) is 18.7 Å². The smallest absolute Gasteiger partial charge is 0.339 e. The summed E-state index contributed by atoms with van der Waals surface area (Å²) in [4.78, 5) is 24.1. The predicted octanol–water partition coefficient (Wildman–Crippen LogP) is 3.79. The number of benzene rings is 2. The molecule has 4 heteroatoms. The van der Waals surface area contributed by atoms with Gasteiger partial charge in [0.15, 0.2) is 5.12 Å². The third-order valence-electron chi connectivity index (χ3n) is 3.38. The first-order chi connectivity index (χ1) is 10.6. The van der Waals surface area contributed by atoms with E-state index in [9.17, 15) is 9.59 Å². The molecule has 0 amide bonds. The van der Waals surface area contributed by atoms with Crippen molar-refractivity contribution in [1.29, 1.82) is 0 Å². The minimum absolute atomic E-state index is 0.0521. The first-order valence-corrected chi connectivity index (χ1v) is 7.71. The van der Waals surface area contributed by atoms with Crippen LogP contribution in [-0.2, 0) is 14.3 Å². The largest absolute Gasteiger partial charge is 0.457 e. The third kappa shape index (κ3) is 2.97. The molecule has 0 radical (unpaired) electrons. The Kier molecular flexibility index (Phi) is 4.11. The van der Waals surface area contributed by atoms with Crippen molar-refractivity contribution in [3.05, 3.63) is 65.7 Å². The van der Waals surface area contributed by atoms with Crippen molar-refractivity contribution in [2.45, 2.75) is 11.8 Å². The van der Waals surface area contributed by atoms with Gasteiger partial charge in [0.05, 0.1) is 5.57 Å². The molecule has 0 saturated heterocycles. The van der Waals surface area contributed by atoms with Gasteiger partial charge in [-0.1, -0.05) is 54.2 Å². The van der Waals surface area contributed by atoms with E-state index in [1.54, 1.807) is 0 Å². The van der Waals surface area contributed by atoms with Crippen LogP contribution in [0.5, 0.6) is 0 Å². The maximum atomic E-state index is 12.0. The molecular weight excluding hydrogens is 296 g/mol. The van der Waals surface area contributed by atoms with Gasteiger partial charge in [0.25, 0.3) is 0 Å². The van der Waals surface area contributed by atoms with Gasteiger partial charge in [-0.3, -0.25) is 4.79 Å². The molecule has 0 N–H and O–H groups in total. The van der Waals surface area contributed by atoms with Crippen molar-refractivity contribution < 1.29 is 14.3 Å². The first kappa shape index (κ1) is 14.6. The van der Waals surface area contributed by atoms with E-state index in [-0.39, 0.29) is 17.7 Å². The highest BCUT2D eigenvalue weighted by Crippen LogP contribution is 2.33. The Balaban J connectivity index is 1.99. The summed E-state index contributed by atoms with van der Waals surface area (Å²) in [6, 6.07) is 17.1. The van der Waals surface area contributed by atoms with Crippen molar-refractivity contribution in [3.8, 4) is 0 Å². The summed E-state index contributed by atoms with van der Waals surface area (Å²) in [6.07, 6.45) is 0. The molecule has 0 fully saturated rings. The van der Waals surface area contributed by atoms with Crippen molar-refractivity contribution in [2.75, 3.05) is 6.61 Å². The summed E-state index contributed by atoms with van der Waals surface area (Å²) in [7, 11) is 0. The lowest BCUT2D eigenvalue weighted by Crippen LogP contribution is -1.98. The zero-order chi connectivity index (χ0) is 15.5. The molecule has 2 aromatic carbocycles. The average molecular weight is 310 g/mol. The molecule has 0 atom stereocenters. The number of ether oxygens (including phenoxy) is 1. The van der Waals surface area contributed by atoms with E-state index in [4.69, 9.17) is 4.74 Å². The van der Waals surface area contributed by atoms with Crippen molar-refractivity contribution in [2.24, 2.45) is 0 Å². The van der Waals surface area contributed by atoms with E-state index in [1.807, 2.05) is 54.6 Å². The average Bonchev–Trinajstić information content (AvgIpc) is 2.90. The summed E-state index contributed by atoms with van der Waals surface area (Å²) in [5, 5.41) is 0.0521. The van der Waals surface area contributed by atoms with Gasteiger partial charge in [-0.15, -0.1) is 0 Å². The van der Waals surface area contributed by atoms with Crippen LogP contribution in [0.1, 0.15) is 18.1 Å². The second-order valence-corrected chi connectivity index (χ2v) is 6.16. The number of thioether (sulfide) groups is 1. The number of carbonyl (C=O) groups excluding carboxylic acids is 2. The predicted molar refractivity (Wildman–Crippen MR) is 87.2 cm³/mol. The van der Waals surface area contributed by atoms with Gasteiger partial charge in [0, 0.05) is 17.4 Å². The number of esters is 1. The van der Waals surface area contributed by atoms with E-state index >= 15 is 0 Å². The van der Waals surface area contributed by atoms with Gasteiger partial charge >= 0.3 is 5.97 Å². The Morgan fingerprint density at radius 1 is 1.00 bits per heavy atom. The quantitative estimate of drug-likeness (QED) is 0.639. The summed E-state index contributed by atoms with van der Waals surface area (Å²) < 4.78 is 5.21. The molecule has 0 aromatic heterocycles. The van der Waals surface area contributed by atoms with Crippen LogP contribution in [0.25, 0.3) is 11.1 Å². The minimum atomic E-state index is -0.289. The molecule has 3 rings (SSSR count). The monoisotopic (exact) mass is 310 g/mol. The summed E-state index contributed by atoms with van der Waals surface area (Å²) in [5.41, 5.74) is 3.31. The van der Waals surface area contributed by atoms with Crippen molar-refractivity contribution in [3.63, 3.8) is 0 Å². The highest BCUT2D eigenvalue weighted by molar-refractivity contribution is 8.13. The Morgan fingerprint density at radius 3 is 2.32 bits per heavy atom. The number of hydrogen-bond acceptors (Lipinski definition) is 4. The molecule has 110 valence electrons. The molecule has 0 spiro atoms. The standard InChI is InChI=1S/C18H14O3S/c1-12(19)22-15-9-7-13(8-10-15)16-11-21-18(20)17(16)14-5-3-2-4-6-14/h2-10H,11H2,1H3. The zero-order valence-corrected chi connectivity index (χ0v) is 12.9. The Bertz CT molecular complexity index is 746. The molecule has 0 unspecified atom stereocenters. The lowest BCUT2D eigenvalue weighted by molar-refractivity contribution is -0.133. The van der Waals surface area contributed by atoms with E-state index in [2.05, 4.69) is 0 Å². The maximum Gasteiger partial charge on any atom is 0.339 e. The highest BCUT2D eigenvalue weighted by Gasteiger charge is 2.26. The van der Waals surface area contributed by atoms with Gasteiger partial charge < -0.3 is 4.74 Å². The lowest BCUT2D eigenvalue weighted by Gasteiger charge is -2.05. The van der Waals surface area contributed by atoms with Crippen LogP contribution in [0.4, 0.5) is 0 Å². The second kappa shape index (κ2) is 6.20. The number of rotatable bonds is 3. The molecule has 22 heavy (non-hydrogen) atoms. The van der Waals surface area contributed by atoms with Gasteiger partial charge in [-0.2, -0.15) is 0 Å². The molecule has 1 heterocycles. The fraction of sp³-hybridized carbons (Fsp3) is 0.111. The van der Waals surface area contributed by atoms with Crippen LogP contribution < -0.4 is 0 Å². The summed E-state index contributed by atoms with van der Waals surface area (Å²) in [6.45, 7) is 1.82. The van der Waals surface area contributed by atoms with E-state index in [0.717, 1.165) is 21.6 Å². The zero-order valence-electron chi connectivity index (χ0n) is 12.0. The van der Waals surface area contributed by atoms with Gasteiger partial charge in [0.2, 0.25) is 0 Å². The number of cyclic esters (lactones) is 1. The van der Waals surface area contributed by atoms with Crippen LogP contribution in [0.3, 0.4) is 0 Å². The van der Waals surface area contributed by atoms with Gasteiger partial charge in [-0.05, 0) is 23.3 Å². The fourth-order valence-corrected chi connectivity index (χ4v) is 3.02. The van der Waals surface area contributed by atoms with Crippen molar-refractivity contribution >= 4 is 34.0 Å². The normalized spacial score (nSPS) is 14.1. The van der Waals surface area contributed by atoms with Crippen LogP contribution in [-0.4, -0.2) is 17.7 Å². The van der Waals surface area contributed by atoms with Crippen LogP contribution >= 0.6 is 11.8 Å². The molecule has 1 aliphatic heterocycles. The van der Waals surface area contributed by atoms with Gasteiger partial charge in [0.1, 0.15) is 6.61 Å². The Hall–Kier alpha value is -2.33. The Morgan fingerprint density at radius 2 is 1.68 bits per heavy atom. The molecule has 2 aromatic rings. The fourth-order valence-electron chi connectivity index (χ4n) is 2.42. The van der Waals surface area contributed by atoms with Crippen LogP contribution in [0.2, 0.25) is 0 Å². The number of carbonyl (C=O) groups is 2. The second-order valence-electron chi connectivity index (χ2n) is 4.91. The van der Waals surface area contributed by atoms with Crippen LogP contribution in [0.15, 0.2) is 59.5 Å². The number of hydrogen-bond donors (Lipinski definition) is 0. The first-order valence-electron chi connectivity index (χ1n) is 6.89. The van der Waals surface area contributed by atoms with Gasteiger partial charge in [-0.25, -0.2) is 4.79 Å². The summed E-state index contributed by atoms with van der Waals surface area (Å²) >= 11 is 1.19. The molecule has 1 aliphatic rings.